The number of benzene rings is 2. The molecule has 0 spiro atoms. The van der Waals surface area contributed by atoms with E-state index < -0.39 is 6.10 Å². The number of halogens is 1. The zero-order valence-electron chi connectivity index (χ0n) is 16.4. The van der Waals surface area contributed by atoms with Crippen molar-refractivity contribution in [2.45, 2.75) is 39.0 Å². The van der Waals surface area contributed by atoms with Gasteiger partial charge in [-0.15, -0.1) is 0 Å². The predicted octanol–water partition coefficient (Wildman–Crippen LogP) is 3.54. The second-order valence-electron chi connectivity index (χ2n) is 6.73. The molecule has 1 unspecified atom stereocenters. The van der Waals surface area contributed by atoms with Crippen molar-refractivity contribution in [1.29, 1.82) is 0 Å². The van der Waals surface area contributed by atoms with E-state index in [1.165, 1.54) is 12.1 Å². The van der Waals surface area contributed by atoms with E-state index in [0.29, 0.717) is 32.5 Å². The number of esters is 1. The van der Waals surface area contributed by atoms with Crippen LogP contribution >= 0.6 is 0 Å². The molecule has 152 valence electrons. The molecular formula is C22H28FNO4. The molecule has 0 heterocycles. The van der Waals surface area contributed by atoms with Crippen LogP contribution < -0.4 is 4.74 Å². The minimum Gasteiger partial charge on any atom is -0.497 e. The number of hydrogen-bond acceptors (Lipinski definition) is 5. The van der Waals surface area contributed by atoms with Gasteiger partial charge in [-0.05, 0) is 41.8 Å². The van der Waals surface area contributed by atoms with Crippen LogP contribution in [0, 0.1) is 5.82 Å². The maximum Gasteiger partial charge on any atom is 0.305 e. The van der Waals surface area contributed by atoms with Gasteiger partial charge in [0.2, 0.25) is 0 Å². The molecule has 28 heavy (non-hydrogen) atoms. The van der Waals surface area contributed by atoms with Crippen molar-refractivity contribution in [3.8, 4) is 5.75 Å². The van der Waals surface area contributed by atoms with Gasteiger partial charge in [0.05, 0.1) is 7.11 Å². The Kier molecular flexibility index (Phi) is 8.91. The molecule has 2 rings (SSSR count). The van der Waals surface area contributed by atoms with E-state index in [4.69, 9.17) is 9.47 Å². The zero-order chi connectivity index (χ0) is 20.4. The average molecular weight is 389 g/mol. The molecule has 0 radical (unpaired) electrons. The number of carbonyl (C=O) groups excluding carboxylic acids is 1. The molecule has 2 aromatic carbocycles. The van der Waals surface area contributed by atoms with Gasteiger partial charge in [-0.3, -0.25) is 9.69 Å². The zero-order valence-corrected chi connectivity index (χ0v) is 16.4. The summed E-state index contributed by atoms with van der Waals surface area (Å²) in [5, 5.41) is 10.3. The van der Waals surface area contributed by atoms with Gasteiger partial charge < -0.3 is 14.6 Å². The first-order chi connectivity index (χ1) is 13.5. The van der Waals surface area contributed by atoms with Crippen LogP contribution in [0.2, 0.25) is 0 Å². The highest BCUT2D eigenvalue weighted by Gasteiger charge is 2.15. The summed E-state index contributed by atoms with van der Waals surface area (Å²) in [7, 11) is 1.62. The van der Waals surface area contributed by atoms with E-state index in [1.807, 2.05) is 36.1 Å². The molecule has 0 saturated carbocycles. The SMILES string of the molecule is CCCC(=O)OCC(O)CN(Cc1ccc(F)cc1)Cc1ccc(OC)cc1. The van der Waals surface area contributed by atoms with E-state index in [0.717, 1.165) is 16.9 Å². The molecule has 1 N–H and O–H groups in total. The van der Waals surface area contributed by atoms with Crippen molar-refractivity contribution in [2.75, 3.05) is 20.3 Å². The van der Waals surface area contributed by atoms with Gasteiger partial charge in [-0.2, -0.15) is 0 Å². The molecule has 5 nitrogen and oxygen atoms in total. The summed E-state index contributed by atoms with van der Waals surface area (Å²) in [5.74, 6) is 0.187. The molecule has 0 aliphatic rings. The van der Waals surface area contributed by atoms with Crippen molar-refractivity contribution in [1.82, 2.24) is 4.90 Å². The van der Waals surface area contributed by atoms with Crippen LogP contribution in [-0.4, -0.2) is 42.3 Å². The summed E-state index contributed by atoms with van der Waals surface area (Å²) in [6, 6.07) is 14.0. The first-order valence-corrected chi connectivity index (χ1v) is 9.43. The molecule has 0 fully saturated rings. The predicted molar refractivity (Wildman–Crippen MR) is 105 cm³/mol. The molecule has 0 saturated heterocycles. The van der Waals surface area contributed by atoms with Crippen molar-refractivity contribution in [3.63, 3.8) is 0 Å². The minimum absolute atomic E-state index is 0.0403. The van der Waals surface area contributed by atoms with E-state index in [-0.39, 0.29) is 18.4 Å². The van der Waals surface area contributed by atoms with Crippen molar-refractivity contribution >= 4 is 5.97 Å². The van der Waals surface area contributed by atoms with Gasteiger partial charge in [-0.25, -0.2) is 4.39 Å². The lowest BCUT2D eigenvalue weighted by Crippen LogP contribution is -2.34. The highest BCUT2D eigenvalue weighted by Crippen LogP contribution is 2.15. The van der Waals surface area contributed by atoms with Crippen LogP contribution in [0.25, 0.3) is 0 Å². The Morgan fingerprint density at radius 1 is 1.07 bits per heavy atom. The lowest BCUT2D eigenvalue weighted by Gasteiger charge is -2.25. The topological polar surface area (TPSA) is 59.0 Å². The van der Waals surface area contributed by atoms with Crippen molar-refractivity contribution in [3.05, 3.63) is 65.5 Å². The molecule has 1 atom stereocenters. The standard InChI is InChI=1S/C22H28FNO4/c1-3-4-22(26)28-16-20(25)15-24(13-17-5-9-19(23)10-6-17)14-18-7-11-21(27-2)12-8-18/h5-12,20,25H,3-4,13-16H2,1-2H3. The van der Waals surface area contributed by atoms with Crippen LogP contribution in [0.1, 0.15) is 30.9 Å². The Bertz CT molecular complexity index is 718. The number of ether oxygens (including phenoxy) is 2. The maximum absolute atomic E-state index is 13.2. The van der Waals surface area contributed by atoms with Crippen LogP contribution in [0.5, 0.6) is 5.75 Å². The monoisotopic (exact) mass is 389 g/mol. The third kappa shape index (κ3) is 7.66. The fraction of sp³-hybridized carbons (Fsp3) is 0.409. The Morgan fingerprint density at radius 2 is 1.64 bits per heavy atom. The minimum atomic E-state index is -0.806. The second kappa shape index (κ2) is 11.4. The lowest BCUT2D eigenvalue weighted by molar-refractivity contribution is -0.147. The summed E-state index contributed by atoms with van der Waals surface area (Å²) in [6.07, 6.45) is 0.250. The van der Waals surface area contributed by atoms with Crippen LogP contribution in [-0.2, 0) is 22.6 Å². The third-order valence-electron chi connectivity index (χ3n) is 4.24. The molecular weight excluding hydrogens is 361 g/mol. The van der Waals surface area contributed by atoms with Gasteiger partial charge in [-0.1, -0.05) is 31.2 Å². The normalized spacial score (nSPS) is 12.0. The molecule has 6 heteroatoms. The fourth-order valence-corrected chi connectivity index (χ4v) is 2.84. The van der Waals surface area contributed by atoms with Crippen LogP contribution in [0.15, 0.2) is 48.5 Å². The Balaban J connectivity index is 2.01. The van der Waals surface area contributed by atoms with Gasteiger partial charge >= 0.3 is 5.97 Å². The summed E-state index contributed by atoms with van der Waals surface area (Å²) in [5.41, 5.74) is 1.99. The summed E-state index contributed by atoms with van der Waals surface area (Å²) < 4.78 is 23.5. The Morgan fingerprint density at radius 3 is 2.18 bits per heavy atom. The number of methoxy groups -OCH3 is 1. The smallest absolute Gasteiger partial charge is 0.305 e. The molecule has 0 bridgehead atoms. The first kappa shape index (κ1) is 21.9. The highest BCUT2D eigenvalue weighted by atomic mass is 19.1. The quantitative estimate of drug-likeness (QED) is 0.596. The van der Waals surface area contributed by atoms with Crippen molar-refractivity contribution < 1.29 is 23.8 Å². The molecule has 2 aromatic rings. The van der Waals surface area contributed by atoms with Crippen LogP contribution in [0.4, 0.5) is 4.39 Å². The highest BCUT2D eigenvalue weighted by molar-refractivity contribution is 5.69. The molecule has 0 amide bonds. The number of rotatable bonds is 11. The van der Waals surface area contributed by atoms with Crippen LogP contribution in [0.3, 0.4) is 0 Å². The molecule has 0 aliphatic carbocycles. The number of hydrogen-bond donors (Lipinski definition) is 1. The molecule has 0 aromatic heterocycles. The lowest BCUT2D eigenvalue weighted by atomic mass is 10.1. The largest absolute Gasteiger partial charge is 0.497 e. The Labute approximate surface area is 165 Å². The van der Waals surface area contributed by atoms with Gasteiger partial charge in [0.15, 0.2) is 0 Å². The first-order valence-electron chi connectivity index (χ1n) is 9.43. The Hall–Kier alpha value is -2.44. The van der Waals surface area contributed by atoms with E-state index in [9.17, 15) is 14.3 Å². The maximum atomic E-state index is 13.2. The number of aliphatic hydroxyl groups excluding tert-OH is 1. The van der Waals surface area contributed by atoms with E-state index in [1.54, 1.807) is 19.2 Å². The van der Waals surface area contributed by atoms with E-state index in [2.05, 4.69) is 0 Å². The summed E-state index contributed by atoms with van der Waals surface area (Å²) in [4.78, 5) is 13.5. The van der Waals surface area contributed by atoms with Gasteiger partial charge in [0, 0.05) is 26.1 Å². The summed E-state index contributed by atoms with van der Waals surface area (Å²) >= 11 is 0. The number of nitrogens with zero attached hydrogens (tertiary/aromatic N) is 1. The van der Waals surface area contributed by atoms with E-state index >= 15 is 0 Å². The third-order valence-corrected chi connectivity index (χ3v) is 4.24. The second-order valence-corrected chi connectivity index (χ2v) is 6.73. The molecule has 0 aliphatic heterocycles. The van der Waals surface area contributed by atoms with Gasteiger partial charge in [0.1, 0.15) is 24.3 Å². The number of carbonyl (C=O) groups is 1. The fourth-order valence-electron chi connectivity index (χ4n) is 2.84. The summed E-state index contributed by atoms with van der Waals surface area (Å²) in [6.45, 7) is 3.30. The number of aliphatic hydroxyl groups is 1. The average Bonchev–Trinajstić information content (AvgIpc) is 2.69. The van der Waals surface area contributed by atoms with Crippen molar-refractivity contribution in [2.24, 2.45) is 0 Å². The van der Waals surface area contributed by atoms with Gasteiger partial charge in [0.25, 0.3) is 0 Å².